The number of rotatable bonds is 4. The molecule has 1 saturated heterocycles. The van der Waals surface area contributed by atoms with Gasteiger partial charge in [0.2, 0.25) is 0 Å². The van der Waals surface area contributed by atoms with E-state index in [0.717, 1.165) is 44.5 Å². The molecule has 2 rings (SSSR count). The average molecular weight is 237 g/mol. The quantitative estimate of drug-likeness (QED) is 0.869. The van der Waals surface area contributed by atoms with Crippen LogP contribution in [0.15, 0.2) is 24.3 Å². The van der Waals surface area contributed by atoms with Crippen molar-refractivity contribution < 1.29 is 9.13 Å². The molecule has 0 saturated carbocycles. The maximum absolute atomic E-state index is 12.7. The summed E-state index contributed by atoms with van der Waals surface area (Å²) in [5, 5.41) is 3.37. The zero-order valence-corrected chi connectivity index (χ0v) is 10.1. The minimum atomic E-state index is -0.176. The normalized spacial score (nSPS) is 21.1. The molecule has 3 heteroatoms. The van der Waals surface area contributed by atoms with Gasteiger partial charge in [0.25, 0.3) is 0 Å². The summed E-state index contributed by atoms with van der Waals surface area (Å²) in [6.07, 6.45) is 4.70. The molecule has 1 atom stereocenters. The van der Waals surface area contributed by atoms with Crippen molar-refractivity contribution >= 4 is 0 Å². The van der Waals surface area contributed by atoms with E-state index in [2.05, 4.69) is 5.32 Å². The van der Waals surface area contributed by atoms with Crippen molar-refractivity contribution in [3.8, 4) is 0 Å². The van der Waals surface area contributed by atoms with Gasteiger partial charge in [-0.3, -0.25) is 0 Å². The van der Waals surface area contributed by atoms with Crippen LogP contribution in [-0.4, -0.2) is 25.8 Å². The van der Waals surface area contributed by atoms with E-state index in [1.54, 1.807) is 0 Å². The standard InChI is InChI=1S/C14H20FNO/c15-13-5-3-12(4-6-13)8-11-17-14-2-1-9-16-10-7-14/h3-6,14,16H,1-2,7-11H2. The number of ether oxygens (including phenoxy) is 1. The second-order valence-electron chi connectivity index (χ2n) is 4.55. The molecule has 1 N–H and O–H groups in total. The molecule has 1 aliphatic rings. The number of benzene rings is 1. The van der Waals surface area contributed by atoms with E-state index < -0.39 is 0 Å². The monoisotopic (exact) mass is 237 g/mol. The highest BCUT2D eigenvalue weighted by Gasteiger charge is 2.11. The summed E-state index contributed by atoms with van der Waals surface area (Å²) in [5.41, 5.74) is 1.14. The number of hydrogen-bond acceptors (Lipinski definition) is 2. The number of halogens is 1. The molecule has 1 heterocycles. The van der Waals surface area contributed by atoms with E-state index in [1.807, 2.05) is 12.1 Å². The minimum absolute atomic E-state index is 0.176. The van der Waals surface area contributed by atoms with Crippen LogP contribution in [0.5, 0.6) is 0 Å². The molecular formula is C14H20FNO. The molecule has 1 aliphatic heterocycles. The van der Waals surface area contributed by atoms with E-state index in [-0.39, 0.29) is 5.82 Å². The van der Waals surface area contributed by atoms with Gasteiger partial charge < -0.3 is 10.1 Å². The van der Waals surface area contributed by atoms with Gasteiger partial charge in [0.15, 0.2) is 0 Å². The van der Waals surface area contributed by atoms with Crippen LogP contribution < -0.4 is 5.32 Å². The third-order valence-corrected chi connectivity index (χ3v) is 3.18. The lowest BCUT2D eigenvalue weighted by molar-refractivity contribution is 0.0475. The van der Waals surface area contributed by atoms with Crippen LogP contribution in [0.1, 0.15) is 24.8 Å². The Morgan fingerprint density at radius 1 is 1.18 bits per heavy atom. The second kappa shape index (κ2) is 6.72. The predicted octanol–water partition coefficient (Wildman–Crippen LogP) is 2.53. The van der Waals surface area contributed by atoms with Crippen LogP contribution in [0.3, 0.4) is 0 Å². The topological polar surface area (TPSA) is 21.3 Å². The molecule has 1 aromatic carbocycles. The molecule has 2 nitrogen and oxygen atoms in total. The Bertz CT molecular complexity index is 317. The molecule has 1 aromatic rings. The minimum Gasteiger partial charge on any atom is -0.378 e. The third kappa shape index (κ3) is 4.44. The Labute approximate surface area is 102 Å². The first-order chi connectivity index (χ1) is 8.34. The van der Waals surface area contributed by atoms with Crippen LogP contribution in [-0.2, 0) is 11.2 Å². The highest BCUT2D eigenvalue weighted by Crippen LogP contribution is 2.10. The first-order valence-corrected chi connectivity index (χ1v) is 6.41. The van der Waals surface area contributed by atoms with E-state index in [0.29, 0.717) is 6.10 Å². The van der Waals surface area contributed by atoms with Gasteiger partial charge in [0.1, 0.15) is 5.82 Å². The van der Waals surface area contributed by atoms with Crippen molar-refractivity contribution in [3.05, 3.63) is 35.6 Å². The number of hydrogen-bond donors (Lipinski definition) is 1. The molecule has 0 aromatic heterocycles. The first-order valence-electron chi connectivity index (χ1n) is 6.41. The Hall–Kier alpha value is -0.930. The zero-order valence-electron chi connectivity index (χ0n) is 10.1. The predicted molar refractivity (Wildman–Crippen MR) is 66.6 cm³/mol. The lowest BCUT2D eigenvalue weighted by Gasteiger charge is -2.14. The summed E-state index contributed by atoms with van der Waals surface area (Å²) in [5.74, 6) is -0.176. The van der Waals surface area contributed by atoms with Gasteiger partial charge in [-0.15, -0.1) is 0 Å². The van der Waals surface area contributed by atoms with Crippen LogP contribution in [0, 0.1) is 5.82 Å². The Morgan fingerprint density at radius 2 is 2.00 bits per heavy atom. The highest BCUT2D eigenvalue weighted by atomic mass is 19.1. The van der Waals surface area contributed by atoms with Gasteiger partial charge in [-0.2, -0.15) is 0 Å². The Morgan fingerprint density at radius 3 is 2.82 bits per heavy atom. The molecular weight excluding hydrogens is 217 g/mol. The highest BCUT2D eigenvalue weighted by molar-refractivity contribution is 5.16. The largest absolute Gasteiger partial charge is 0.378 e. The maximum atomic E-state index is 12.7. The molecule has 0 amide bonds. The van der Waals surface area contributed by atoms with E-state index >= 15 is 0 Å². The van der Waals surface area contributed by atoms with Gasteiger partial charge in [0, 0.05) is 0 Å². The smallest absolute Gasteiger partial charge is 0.123 e. The van der Waals surface area contributed by atoms with Crippen LogP contribution in [0.25, 0.3) is 0 Å². The van der Waals surface area contributed by atoms with Crippen molar-refractivity contribution in [2.24, 2.45) is 0 Å². The van der Waals surface area contributed by atoms with E-state index in [4.69, 9.17) is 4.74 Å². The van der Waals surface area contributed by atoms with Crippen LogP contribution >= 0.6 is 0 Å². The summed E-state index contributed by atoms with van der Waals surface area (Å²) in [6.45, 7) is 2.90. The molecule has 0 bridgehead atoms. The van der Waals surface area contributed by atoms with Crippen molar-refractivity contribution in [2.75, 3.05) is 19.7 Å². The second-order valence-corrected chi connectivity index (χ2v) is 4.55. The third-order valence-electron chi connectivity index (χ3n) is 3.18. The zero-order chi connectivity index (χ0) is 11.9. The van der Waals surface area contributed by atoms with Crippen molar-refractivity contribution in [1.29, 1.82) is 0 Å². The van der Waals surface area contributed by atoms with Crippen LogP contribution in [0.2, 0.25) is 0 Å². The molecule has 94 valence electrons. The fourth-order valence-electron chi connectivity index (χ4n) is 2.15. The van der Waals surface area contributed by atoms with Gasteiger partial charge in [-0.1, -0.05) is 12.1 Å². The van der Waals surface area contributed by atoms with Crippen molar-refractivity contribution in [3.63, 3.8) is 0 Å². The molecule has 0 radical (unpaired) electrons. The van der Waals surface area contributed by atoms with Crippen molar-refractivity contribution in [2.45, 2.75) is 31.8 Å². The lowest BCUT2D eigenvalue weighted by Crippen LogP contribution is -2.18. The summed E-state index contributed by atoms with van der Waals surface area (Å²) in [7, 11) is 0. The van der Waals surface area contributed by atoms with E-state index in [1.165, 1.54) is 18.6 Å². The molecule has 1 unspecified atom stereocenters. The number of nitrogens with one attached hydrogen (secondary N) is 1. The molecule has 0 aliphatic carbocycles. The summed E-state index contributed by atoms with van der Waals surface area (Å²) < 4.78 is 18.6. The fraction of sp³-hybridized carbons (Fsp3) is 0.571. The van der Waals surface area contributed by atoms with E-state index in [9.17, 15) is 4.39 Å². The first kappa shape index (κ1) is 12.5. The average Bonchev–Trinajstić information content (AvgIpc) is 2.60. The Kier molecular flexibility index (Phi) is 4.95. The molecule has 1 fully saturated rings. The SMILES string of the molecule is Fc1ccc(CCOC2CCCNCC2)cc1. The van der Waals surface area contributed by atoms with Gasteiger partial charge in [-0.05, 0) is 56.5 Å². The fourth-order valence-corrected chi connectivity index (χ4v) is 2.15. The summed E-state index contributed by atoms with van der Waals surface area (Å²) >= 11 is 0. The van der Waals surface area contributed by atoms with Gasteiger partial charge in [-0.25, -0.2) is 4.39 Å². The van der Waals surface area contributed by atoms with Crippen molar-refractivity contribution in [1.82, 2.24) is 5.32 Å². The lowest BCUT2D eigenvalue weighted by atomic mass is 10.1. The Balaban J connectivity index is 1.69. The maximum Gasteiger partial charge on any atom is 0.123 e. The summed E-state index contributed by atoms with van der Waals surface area (Å²) in [4.78, 5) is 0. The summed E-state index contributed by atoms with van der Waals surface area (Å²) in [6, 6.07) is 6.66. The molecule has 17 heavy (non-hydrogen) atoms. The van der Waals surface area contributed by atoms with Crippen LogP contribution in [0.4, 0.5) is 4.39 Å². The van der Waals surface area contributed by atoms with Gasteiger partial charge >= 0.3 is 0 Å². The van der Waals surface area contributed by atoms with Gasteiger partial charge in [0.05, 0.1) is 12.7 Å². The molecule has 0 spiro atoms.